The maximum absolute atomic E-state index is 13.3. The van der Waals surface area contributed by atoms with E-state index in [1.165, 1.54) is 24.3 Å². The second-order valence-electron chi connectivity index (χ2n) is 7.05. The molecule has 0 saturated carbocycles. The molecule has 1 saturated heterocycles. The van der Waals surface area contributed by atoms with Crippen LogP contribution in [-0.4, -0.2) is 29.3 Å². The third kappa shape index (κ3) is 4.13. The Morgan fingerprint density at radius 3 is 2.43 bits per heavy atom. The molecule has 2 aromatic rings. The molecular formula is C21H20Cl2FN3O3. The fraction of sp³-hybridized carbons (Fsp3) is 0.286. The van der Waals surface area contributed by atoms with Gasteiger partial charge in [0.25, 0.3) is 5.91 Å². The number of hydrogen-bond acceptors (Lipinski definition) is 3. The van der Waals surface area contributed by atoms with E-state index < -0.39 is 41.8 Å². The maximum Gasteiger partial charge on any atom is 0.325 e. The first-order valence-electron chi connectivity index (χ1n) is 9.32. The number of nitrogens with one attached hydrogen (secondary N) is 2. The zero-order valence-electron chi connectivity index (χ0n) is 16.3. The van der Waals surface area contributed by atoms with Crippen LogP contribution < -0.4 is 10.6 Å². The number of imide groups is 1. The molecule has 2 unspecified atom stereocenters. The van der Waals surface area contributed by atoms with E-state index in [0.717, 1.165) is 10.5 Å². The van der Waals surface area contributed by atoms with E-state index in [-0.39, 0.29) is 6.42 Å². The van der Waals surface area contributed by atoms with Gasteiger partial charge >= 0.3 is 6.03 Å². The summed E-state index contributed by atoms with van der Waals surface area (Å²) in [4.78, 5) is 38.9. The molecule has 3 rings (SSSR count). The van der Waals surface area contributed by atoms with Gasteiger partial charge < -0.3 is 10.6 Å². The first kappa shape index (κ1) is 22.1. The Kier molecular flexibility index (Phi) is 6.33. The molecule has 2 N–H and O–H groups in total. The van der Waals surface area contributed by atoms with Crippen LogP contribution in [0.4, 0.5) is 9.18 Å². The van der Waals surface area contributed by atoms with E-state index in [1.54, 1.807) is 32.0 Å². The monoisotopic (exact) mass is 451 g/mol. The van der Waals surface area contributed by atoms with Crippen molar-refractivity contribution in [1.82, 2.24) is 15.5 Å². The van der Waals surface area contributed by atoms with Crippen molar-refractivity contribution < 1.29 is 18.8 Å². The first-order chi connectivity index (χ1) is 14.2. The fourth-order valence-corrected chi connectivity index (χ4v) is 3.75. The second-order valence-corrected chi connectivity index (χ2v) is 7.86. The van der Waals surface area contributed by atoms with Crippen LogP contribution in [0, 0.1) is 5.82 Å². The van der Waals surface area contributed by atoms with E-state index in [0.29, 0.717) is 15.6 Å². The minimum atomic E-state index is -1.33. The van der Waals surface area contributed by atoms with Crippen molar-refractivity contribution in [3.05, 3.63) is 69.5 Å². The van der Waals surface area contributed by atoms with Crippen molar-refractivity contribution in [2.45, 2.75) is 31.8 Å². The number of rotatable bonds is 6. The molecule has 30 heavy (non-hydrogen) atoms. The normalized spacial score (nSPS) is 19.6. The molecule has 158 valence electrons. The highest BCUT2D eigenvalue weighted by Crippen LogP contribution is 2.32. The average molecular weight is 452 g/mol. The summed E-state index contributed by atoms with van der Waals surface area (Å²) in [6.45, 7) is 3.04. The zero-order valence-corrected chi connectivity index (χ0v) is 17.9. The third-order valence-electron chi connectivity index (χ3n) is 5.17. The van der Waals surface area contributed by atoms with Gasteiger partial charge in [-0.25, -0.2) is 9.18 Å². The van der Waals surface area contributed by atoms with Gasteiger partial charge in [-0.05, 0) is 48.7 Å². The minimum absolute atomic E-state index is 0.251. The maximum atomic E-state index is 13.3. The minimum Gasteiger partial charge on any atom is -0.348 e. The van der Waals surface area contributed by atoms with Gasteiger partial charge in [0.15, 0.2) is 0 Å². The van der Waals surface area contributed by atoms with Gasteiger partial charge in [0.05, 0.1) is 16.1 Å². The van der Waals surface area contributed by atoms with Crippen molar-refractivity contribution in [3.63, 3.8) is 0 Å². The van der Waals surface area contributed by atoms with E-state index in [4.69, 9.17) is 23.2 Å². The number of carbonyl (C=O) groups excluding carboxylic acids is 3. The summed E-state index contributed by atoms with van der Waals surface area (Å²) >= 11 is 11.9. The van der Waals surface area contributed by atoms with E-state index in [1.807, 2.05) is 0 Å². The molecule has 0 spiro atoms. The van der Waals surface area contributed by atoms with Gasteiger partial charge in [0, 0.05) is 0 Å². The summed E-state index contributed by atoms with van der Waals surface area (Å²) in [5.41, 5.74) is -0.151. The van der Waals surface area contributed by atoms with Crippen molar-refractivity contribution >= 4 is 41.0 Å². The second kappa shape index (κ2) is 8.62. The standard InChI is InChI=1S/C21H20Cl2FN3O3/c1-3-21(14-5-7-15(24)8-6-14)19(29)27(20(30)26-21)11-18(28)25-12(2)13-4-9-16(22)17(23)10-13/h4-10,12H,3,11H2,1-2H3,(H,25,28)(H,26,30). The van der Waals surface area contributed by atoms with Gasteiger partial charge in [0.2, 0.25) is 5.91 Å². The van der Waals surface area contributed by atoms with Crippen LogP contribution >= 0.6 is 23.2 Å². The van der Waals surface area contributed by atoms with E-state index >= 15 is 0 Å². The summed E-state index contributed by atoms with van der Waals surface area (Å²) in [6.07, 6.45) is 0.251. The molecule has 0 aromatic heterocycles. The molecule has 4 amide bonds. The van der Waals surface area contributed by atoms with Gasteiger partial charge in [-0.15, -0.1) is 0 Å². The number of halogens is 3. The largest absolute Gasteiger partial charge is 0.348 e. The molecule has 1 aliphatic rings. The summed E-state index contributed by atoms with van der Waals surface area (Å²) in [5.74, 6) is -1.52. The van der Waals surface area contributed by atoms with Gasteiger partial charge in [-0.3, -0.25) is 14.5 Å². The Bertz CT molecular complexity index is 999. The smallest absolute Gasteiger partial charge is 0.325 e. The third-order valence-corrected chi connectivity index (χ3v) is 5.90. The quantitative estimate of drug-likeness (QED) is 0.646. The number of amides is 4. The first-order valence-corrected chi connectivity index (χ1v) is 10.1. The van der Waals surface area contributed by atoms with Crippen LogP contribution in [0.25, 0.3) is 0 Å². The predicted molar refractivity (Wildman–Crippen MR) is 112 cm³/mol. The van der Waals surface area contributed by atoms with Crippen LogP contribution in [-0.2, 0) is 15.1 Å². The highest BCUT2D eigenvalue weighted by Gasteiger charge is 2.51. The molecule has 2 atom stereocenters. The Balaban J connectivity index is 1.73. The molecule has 0 bridgehead atoms. The van der Waals surface area contributed by atoms with Crippen molar-refractivity contribution in [2.75, 3.05) is 6.54 Å². The lowest BCUT2D eigenvalue weighted by Gasteiger charge is -2.25. The molecule has 9 heteroatoms. The number of carbonyl (C=O) groups is 3. The van der Waals surface area contributed by atoms with Crippen LogP contribution in [0.2, 0.25) is 10.0 Å². The highest BCUT2D eigenvalue weighted by atomic mass is 35.5. The van der Waals surface area contributed by atoms with Crippen molar-refractivity contribution in [2.24, 2.45) is 0 Å². The molecule has 0 radical (unpaired) electrons. The Morgan fingerprint density at radius 1 is 1.17 bits per heavy atom. The molecule has 0 aliphatic carbocycles. The van der Waals surface area contributed by atoms with Crippen LogP contribution in [0.15, 0.2) is 42.5 Å². The lowest BCUT2D eigenvalue weighted by molar-refractivity contribution is -0.135. The highest BCUT2D eigenvalue weighted by molar-refractivity contribution is 6.42. The summed E-state index contributed by atoms with van der Waals surface area (Å²) in [7, 11) is 0. The molecule has 1 fully saturated rings. The Labute approximate surface area is 183 Å². The summed E-state index contributed by atoms with van der Waals surface area (Å²) in [6, 6.07) is 9.24. The summed E-state index contributed by atoms with van der Waals surface area (Å²) < 4.78 is 13.3. The lowest BCUT2D eigenvalue weighted by Crippen LogP contribution is -2.45. The number of urea groups is 1. The van der Waals surface area contributed by atoms with Gasteiger partial charge in [0.1, 0.15) is 17.9 Å². The molecular weight excluding hydrogens is 432 g/mol. The zero-order chi connectivity index (χ0) is 22.1. The average Bonchev–Trinajstić information content (AvgIpc) is 2.95. The topological polar surface area (TPSA) is 78.5 Å². The predicted octanol–water partition coefficient (Wildman–Crippen LogP) is 4.17. The fourth-order valence-electron chi connectivity index (χ4n) is 3.44. The Morgan fingerprint density at radius 2 is 1.83 bits per heavy atom. The SMILES string of the molecule is CCC1(c2ccc(F)cc2)NC(=O)N(CC(=O)NC(C)c2ccc(Cl)c(Cl)c2)C1=O. The van der Waals surface area contributed by atoms with Crippen LogP contribution in [0.5, 0.6) is 0 Å². The van der Waals surface area contributed by atoms with Crippen molar-refractivity contribution in [1.29, 1.82) is 0 Å². The number of nitrogens with zero attached hydrogens (tertiary/aromatic N) is 1. The molecule has 6 nitrogen and oxygen atoms in total. The lowest BCUT2D eigenvalue weighted by atomic mass is 9.87. The van der Waals surface area contributed by atoms with Crippen molar-refractivity contribution in [3.8, 4) is 0 Å². The number of benzene rings is 2. The molecule has 1 aliphatic heterocycles. The number of hydrogen-bond donors (Lipinski definition) is 2. The van der Waals surface area contributed by atoms with E-state index in [2.05, 4.69) is 10.6 Å². The van der Waals surface area contributed by atoms with Gasteiger partial charge in [-0.1, -0.05) is 48.3 Å². The van der Waals surface area contributed by atoms with E-state index in [9.17, 15) is 18.8 Å². The Hall–Kier alpha value is -2.64. The van der Waals surface area contributed by atoms with Crippen LogP contribution in [0.1, 0.15) is 37.4 Å². The van der Waals surface area contributed by atoms with Crippen LogP contribution in [0.3, 0.4) is 0 Å². The molecule has 2 aromatic carbocycles. The van der Waals surface area contributed by atoms with Gasteiger partial charge in [-0.2, -0.15) is 0 Å². The molecule has 1 heterocycles. The summed E-state index contributed by atoms with van der Waals surface area (Å²) in [5, 5.41) is 6.15.